The summed E-state index contributed by atoms with van der Waals surface area (Å²) in [5.74, 6) is -0.161. The third-order valence-corrected chi connectivity index (χ3v) is 3.69. The molecule has 0 aliphatic rings. The first-order valence-electron chi connectivity index (χ1n) is 5.46. The predicted octanol–water partition coefficient (Wildman–Crippen LogP) is 1.19. The highest BCUT2D eigenvalue weighted by Crippen LogP contribution is 2.20. The Kier molecular flexibility index (Phi) is 3.25. The van der Waals surface area contributed by atoms with Gasteiger partial charge >= 0.3 is 0 Å². The normalized spacial score (nSPS) is 12.1. The van der Waals surface area contributed by atoms with Gasteiger partial charge in [0.25, 0.3) is 0 Å². The largest absolute Gasteiger partial charge is 0.369 e. The van der Waals surface area contributed by atoms with E-state index in [1.165, 1.54) is 12.3 Å². The molecule has 0 saturated carbocycles. The smallest absolute Gasteiger partial charge is 0.201 e. The maximum atomic E-state index is 13.5. The Morgan fingerprint density at radius 1 is 1.44 bits per heavy atom. The summed E-state index contributed by atoms with van der Waals surface area (Å²) in [6.45, 7) is 0.402. The summed E-state index contributed by atoms with van der Waals surface area (Å²) in [6, 6.07) is 4.60. The van der Waals surface area contributed by atoms with Crippen molar-refractivity contribution in [2.45, 2.75) is 13.0 Å². The van der Waals surface area contributed by atoms with Gasteiger partial charge in [-0.05, 0) is 18.6 Å². The molecule has 0 unspecified atom stereocenters. The molecule has 2 N–H and O–H groups in total. The van der Waals surface area contributed by atoms with Crippen LogP contribution in [-0.4, -0.2) is 30.0 Å². The van der Waals surface area contributed by atoms with Crippen molar-refractivity contribution in [2.75, 3.05) is 17.7 Å². The number of rotatable bonds is 4. The second-order valence-corrected chi connectivity index (χ2v) is 6.47. The molecule has 0 radical (unpaired) electrons. The average Bonchev–Trinajstić information content (AvgIpc) is 2.56. The number of nitrogens with two attached hydrogens (primary N) is 1. The molecule has 0 spiro atoms. The van der Waals surface area contributed by atoms with Gasteiger partial charge in [0.1, 0.15) is 15.4 Å². The van der Waals surface area contributed by atoms with Crippen LogP contribution in [0.2, 0.25) is 0 Å². The molecule has 1 aromatic carbocycles. The van der Waals surface area contributed by atoms with Gasteiger partial charge in [-0.3, -0.25) is 0 Å². The minimum atomic E-state index is -3.00. The zero-order valence-electron chi connectivity index (χ0n) is 9.93. The Labute approximate surface area is 104 Å². The summed E-state index contributed by atoms with van der Waals surface area (Å²) < 4.78 is 37.2. The van der Waals surface area contributed by atoms with Crippen LogP contribution in [0.15, 0.2) is 18.2 Å². The number of halogens is 1. The van der Waals surface area contributed by atoms with Crippen molar-refractivity contribution in [3.8, 4) is 0 Å². The highest BCUT2D eigenvalue weighted by atomic mass is 32.2. The molecule has 0 aliphatic heterocycles. The highest BCUT2D eigenvalue weighted by Gasteiger charge is 2.11. The fraction of sp³-hybridized carbons (Fsp3) is 0.364. The van der Waals surface area contributed by atoms with Gasteiger partial charge in [0.2, 0.25) is 5.95 Å². The minimum absolute atomic E-state index is 0.0709. The molecule has 0 amide bonds. The van der Waals surface area contributed by atoms with Crippen LogP contribution in [-0.2, 0) is 16.4 Å². The molecule has 2 rings (SSSR count). The maximum Gasteiger partial charge on any atom is 0.201 e. The lowest BCUT2D eigenvalue weighted by Crippen LogP contribution is -2.09. The monoisotopic (exact) mass is 271 g/mol. The Morgan fingerprint density at radius 2 is 2.17 bits per heavy atom. The summed E-state index contributed by atoms with van der Waals surface area (Å²) in [7, 11) is -3.00. The van der Waals surface area contributed by atoms with E-state index in [1.54, 1.807) is 16.7 Å². The van der Waals surface area contributed by atoms with Gasteiger partial charge in [-0.2, -0.15) is 0 Å². The quantitative estimate of drug-likeness (QED) is 0.906. The van der Waals surface area contributed by atoms with Crippen LogP contribution in [0.3, 0.4) is 0 Å². The lowest BCUT2D eigenvalue weighted by atomic mass is 10.3. The number of aryl methyl sites for hydroxylation is 1. The van der Waals surface area contributed by atoms with E-state index < -0.39 is 15.7 Å². The van der Waals surface area contributed by atoms with Crippen molar-refractivity contribution in [2.24, 2.45) is 0 Å². The van der Waals surface area contributed by atoms with Crippen LogP contribution in [0, 0.1) is 5.82 Å². The fourth-order valence-corrected chi connectivity index (χ4v) is 2.50. The summed E-state index contributed by atoms with van der Waals surface area (Å²) in [6.07, 6.45) is 1.60. The first kappa shape index (κ1) is 12.8. The molecule has 18 heavy (non-hydrogen) atoms. The first-order chi connectivity index (χ1) is 8.38. The third-order valence-electron chi connectivity index (χ3n) is 2.66. The van der Waals surface area contributed by atoms with E-state index in [0.29, 0.717) is 18.5 Å². The zero-order valence-corrected chi connectivity index (χ0v) is 10.7. The molecule has 0 fully saturated rings. The molecule has 0 aliphatic carbocycles. The van der Waals surface area contributed by atoms with E-state index in [2.05, 4.69) is 4.98 Å². The highest BCUT2D eigenvalue weighted by molar-refractivity contribution is 7.90. The number of para-hydroxylation sites is 1. The molecular formula is C11H14FN3O2S. The summed E-state index contributed by atoms with van der Waals surface area (Å²) >= 11 is 0. The van der Waals surface area contributed by atoms with Crippen LogP contribution in [0.5, 0.6) is 0 Å². The lowest BCUT2D eigenvalue weighted by molar-refractivity contribution is 0.593. The zero-order chi connectivity index (χ0) is 13.3. The van der Waals surface area contributed by atoms with E-state index in [-0.39, 0.29) is 17.2 Å². The topological polar surface area (TPSA) is 78.0 Å². The number of fused-ring (bicyclic) bond motifs is 1. The minimum Gasteiger partial charge on any atom is -0.369 e. The molecule has 0 saturated heterocycles. The van der Waals surface area contributed by atoms with Crippen LogP contribution >= 0.6 is 0 Å². The number of nitrogens with zero attached hydrogens (tertiary/aromatic N) is 2. The fourth-order valence-electron chi connectivity index (χ4n) is 1.85. The van der Waals surface area contributed by atoms with Crippen LogP contribution < -0.4 is 5.73 Å². The van der Waals surface area contributed by atoms with Gasteiger partial charge in [-0.15, -0.1) is 0 Å². The van der Waals surface area contributed by atoms with Gasteiger partial charge in [-0.25, -0.2) is 17.8 Å². The van der Waals surface area contributed by atoms with E-state index in [9.17, 15) is 12.8 Å². The molecule has 7 heteroatoms. The average molecular weight is 271 g/mol. The summed E-state index contributed by atoms with van der Waals surface area (Å²) in [5, 5.41) is 0. The third kappa shape index (κ3) is 2.61. The first-order valence-corrected chi connectivity index (χ1v) is 7.52. The van der Waals surface area contributed by atoms with Gasteiger partial charge < -0.3 is 10.3 Å². The van der Waals surface area contributed by atoms with Crippen LogP contribution in [0.25, 0.3) is 11.0 Å². The van der Waals surface area contributed by atoms with Crippen molar-refractivity contribution in [3.05, 3.63) is 24.0 Å². The van der Waals surface area contributed by atoms with Crippen LogP contribution in [0.1, 0.15) is 6.42 Å². The Bertz CT molecular complexity index is 679. The van der Waals surface area contributed by atoms with Crippen molar-refractivity contribution in [1.29, 1.82) is 0 Å². The van der Waals surface area contributed by atoms with Gasteiger partial charge in [-0.1, -0.05) is 6.07 Å². The van der Waals surface area contributed by atoms with Crippen molar-refractivity contribution < 1.29 is 12.8 Å². The number of nitrogen functional groups attached to an aromatic ring is 1. The van der Waals surface area contributed by atoms with E-state index in [0.717, 1.165) is 0 Å². The number of hydrogen-bond acceptors (Lipinski definition) is 4. The van der Waals surface area contributed by atoms with Crippen molar-refractivity contribution >= 4 is 26.8 Å². The number of aromatic nitrogens is 2. The van der Waals surface area contributed by atoms with E-state index >= 15 is 0 Å². The molecule has 2 aromatic rings. The number of hydrogen-bond donors (Lipinski definition) is 1. The molecule has 0 atom stereocenters. The second kappa shape index (κ2) is 4.56. The number of anilines is 1. The SMILES string of the molecule is CS(=O)(=O)CCCn1c(N)nc2c(F)cccc21. The molecule has 98 valence electrons. The summed E-state index contributed by atoms with van der Waals surface area (Å²) in [5.41, 5.74) is 6.51. The Morgan fingerprint density at radius 3 is 2.83 bits per heavy atom. The second-order valence-electron chi connectivity index (χ2n) is 4.21. The standard InChI is InChI=1S/C11H14FN3O2S/c1-18(16,17)7-3-6-15-9-5-2-4-8(12)10(9)14-11(15)13/h2,4-5H,3,6-7H2,1H3,(H2,13,14). The molecule has 5 nitrogen and oxygen atoms in total. The Balaban J connectivity index is 2.28. The van der Waals surface area contributed by atoms with Gasteiger partial charge in [0, 0.05) is 12.8 Å². The van der Waals surface area contributed by atoms with Crippen molar-refractivity contribution in [1.82, 2.24) is 9.55 Å². The predicted molar refractivity (Wildman–Crippen MR) is 68.4 cm³/mol. The molecule has 1 heterocycles. The maximum absolute atomic E-state index is 13.5. The van der Waals surface area contributed by atoms with Gasteiger partial charge in [0.15, 0.2) is 5.82 Å². The number of imidazole rings is 1. The van der Waals surface area contributed by atoms with E-state index in [1.807, 2.05) is 0 Å². The number of sulfone groups is 1. The number of benzene rings is 1. The Hall–Kier alpha value is -1.63. The van der Waals surface area contributed by atoms with Gasteiger partial charge in [0.05, 0.1) is 11.3 Å². The van der Waals surface area contributed by atoms with E-state index in [4.69, 9.17) is 5.73 Å². The summed E-state index contributed by atoms with van der Waals surface area (Å²) in [4.78, 5) is 3.94. The molecule has 1 aromatic heterocycles. The van der Waals surface area contributed by atoms with Crippen molar-refractivity contribution in [3.63, 3.8) is 0 Å². The molecule has 0 bridgehead atoms. The molecular weight excluding hydrogens is 257 g/mol. The van der Waals surface area contributed by atoms with Crippen LogP contribution in [0.4, 0.5) is 10.3 Å². The lowest BCUT2D eigenvalue weighted by Gasteiger charge is -2.05.